The van der Waals surface area contributed by atoms with Gasteiger partial charge in [0.1, 0.15) is 0 Å². The predicted molar refractivity (Wildman–Crippen MR) is 294 cm³/mol. The molecule has 6 heteroatoms. The van der Waals surface area contributed by atoms with Crippen LogP contribution in [0.25, 0.3) is 0 Å². The van der Waals surface area contributed by atoms with Crippen molar-refractivity contribution in [2.45, 2.75) is 162 Å². The molecular weight excluding hydrogens is 835 g/mol. The summed E-state index contributed by atoms with van der Waals surface area (Å²) in [5.41, 5.74) is 24.5. The van der Waals surface area contributed by atoms with Gasteiger partial charge in [-0.25, -0.2) is 4.79 Å². The summed E-state index contributed by atoms with van der Waals surface area (Å²) in [6.07, 6.45) is 10.1. The van der Waals surface area contributed by atoms with E-state index in [1.165, 1.54) is 49.4 Å². The lowest BCUT2D eigenvalue weighted by Crippen LogP contribution is -2.34. The van der Waals surface area contributed by atoms with Gasteiger partial charge in [-0.15, -0.1) is 0 Å². The number of benzene rings is 4. The summed E-state index contributed by atoms with van der Waals surface area (Å²) in [6.45, 7) is 27.9. The van der Waals surface area contributed by atoms with Crippen molar-refractivity contribution < 1.29 is 14.7 Å². The van der Waals surface area contributed by atoms with Gasteiger partial charge in [-0.05, 0) is 158 Å². The predicted octanol–water partition coefficient (Wildman–Crippen LogP) is 15.8. The fourth-order valence-corrected chi connectivity index (χ4v) is 7.41. The molecule has 4 aliphatic rings. The van der Waals surface area contributed by atoms with E-state index in [0.29, 0.717) is 13.0 Å². The van der Waals surface area contributed by atoms with Crippen molar-refractivity contribution in [3.63, 3.8) is 0 Å². The number of urea groups is 1. The fourth-order valence-electron chi connectivity index (χ4n) is 7.41. The van der Waals surface area contributed by atoms with E-state index in [1.54, 1.807) is 65.6 Å². The second kappa shape index (κ2) is 34.4. The Hall–Kier alpha value is -5.93. The van der Waals surface area contributed by atoms with Crippen LogP contribution < -0.4 is 5.32 Å². The molecule has 4 aromatic carbocycles. The Balaban J connectivity index is 0.000000784. The molecule has 0 spiro atoms. The highest BCUT2D eigenvalue weighted by atomic mass is 16.4. The van der Waals surface area contributed by atoms with Gasteiger partial charge in [0.2, 0.25) is 0 Å². The number of nitriles is 1. The number of rotatable bonds is 2. The molecule has 68 heavy (non-hydrogen) atoms. The van der Waals surface area contributed by atoms with Crippen LogP contribution in [0.5, 0.6) is 0 Å². The first kappa shape index (κ1) is 62.1. The van der Waals surface area contributed by atoms with Crippen LogP contribution in [0.15, 0.2) is 142 Å². The lowest BCUT2D eigenvalue weighted by atomic mass is 9.88. The number of fused-ring (bicyclic) bond motifs is 4. The van der Waals surface area contributed by atoms with Crippen LogP contribution in [0.3, 0.4) is 0 Å². The maximum Gasteiger partial charge on any atom is 0.316 e. The van der Waals surface area contributed by atoms with E-state index in [1.807, 2.05) is 33.8 Å². The van der Waals surface area contributed by atoms with E-state index in [0.717, 1.165) is 51.4 Å². The first-order valence-electron chi connectivity index (χ1n) is 24.4. The molecule has 2 amide bonds. The number of hydrogen-bond donors (Lipinski definition) is 2. The number of carboxylic acid groups (broad SMARTS) is 1. The number of nitrogens with zero attached hydrogens (tertiary/aromatic N) is 2. The molecule has 0 unspecified atom stereocenters. The zero-order chi connectivity index (χ0) is 50.5. The third-order valence-corrected chi connectivity index (χ3v) is 12.2. The number of amides is 2. The van der Waals surface area contributed by atoms with E-state index in [4.69, 9.17) is 10.4 Å². The Labute approximate surface area is 415 Å². The highest BCUT2D eigenvalue weighted by Gasteiger charge is 2.14. The van der Waals surface area contributed by atoms with Crippen LogP contribution in [0.1, 0.15) is 155 Å². The van der Waals surface area contributed by atoms with Gasteiger partial charge in [0.05, 0.1) is 6.07 Å². The Bertz CT molecular complexity index is 1920. The second-order valence-corrected chi connectivity index (χ2v) is 17.7. The summed E-state index contributed by atoms with van der Waals surface area (Å²) in [5.74, 6) is -0.745. The molecule has 4 aromatic rings. The molecule has 4 aliphatic carbocycles. The topological polar surface area (TPSA) is 93.4 Å². The van der Waals surface area contributed by atoms with Crippen molar-refractivity contribution in [1.29, 1.82) is 5.26 Å². The van der Waals surface area contributed by atoms with Crippen LogP contribution in [0.4, 0.5) is 4.79 Å². The van der Waals surface area contributed by atoms with Crippen molar-refractivity contribution in [2.24, 2.45) is 0 Å². The Morgan fingerprint density at radius 2 is 0.647 bits per heavy atom. The van der Waals surface area contributed by atoms with E-state index in [-0.39, 0.29) is 19.9 Å². The van der Waals surface area contributed by atoms with Crippen molar-refractivity contribution in [3.05, 3.63) is 186 Å². The van der Waals surface area contributed by atoms with Crippen LogP contribution in [-0.4, -0.2) is 42.6 Å². The van der Waals surface area contributed by atoms with Gasteiger partial charge in [-0.2, -0.15) is 5.26 Å². The molecule has 0 heterocycles. The molecule has 0 bridgehead atoms. The molecule has 0 aliphatic heterocycles. The molecule has 6 nitrogen and oxygen atoms in total. The number of carbonyl (C=O) groups is 2. The number of carbonyl (C=O) groups excluding carboxylic acids is 1. The number of nitrogens with one attached hydrogen (secondary N) is 1. The largest absolute Gasteiger partial charge is 0.481 e. The molecule has 0 fully saturated rings. The van der Waals surface area contributed by atoms with E-state index in [2.05, 4.69) is 158 Å². The number of allylic oxidation sites excluding steroid dienone is 8. The molecular formula is C62H89N3O3. The summed E-state index contributed by atoms with van der Waals surface area (Å²) < 4.78 is 0. The van der Waals surface area contributed by atoms with Crippen LogP contribution in [-0.2, 0) is 56.2 Å². The summed E-state index contributed by atoms with van der Waals surface area (Å²) in [7, 11) is 3.43. The SMILES string of the molecule is C.CC.CC1=C(C)Cc2ccccc2C1.CC1=C(C)Cc2ccccc2C1.CC1=C(C)Cc2ccccc2C1.CC1=C(C)Cc2ccccc2C1.CCC#N.CCC(=O)O.CCNC(=O)N(C)C. The lowest BCUT2D eigenvalue weighted by molar-refractivity contribution is -0.136. The van der Waals surface area contributed by atoms with E-state index < -0.39 is 5.97 Å². The maximum absolute atomic E-state index is 10.6. The van der Waals surface area contributed by atoms with Crippen LogP contribution in [0.2, 0.25) is 0 Å². The third kappa shape index (κ3) is 22.7. The molecule has 0 radical (unpaired) electrons. The highest BCUT2D eigenvalue weighted by molar-refractivity contribution is 5.73. The highest BCUT2D eigenvalue weighted by Crippen LogP contribution is 2.28. The van der Waals surface area contributed by atoms with Gasteiger partial charge in [-0.1, -0.05) is 177 Å². The Kier molecular flexibility index (Phi) is 31.4. The summed E-state index contributed by atoms with van der Waals surface area (Å²) in [4.78, 5) is 21.4. The van der Waals surface area contributed by atoms with Gasteiger partial charge in [0.25, 0.3) is 0 Å². The molecule has 2 N–H and O–H groups in total. The normalized spacial score (nSPS) is 13.3. The van der Waals surface area contributed by atoms with Crippen molar-refractivity contribution in [2.75, 3.05) is 20.6 Å². The number of aliphatic carboxylic acids is 1. The third-order valence-electron chi connectivity index (χ3n) is 12.2. The monoisotopic (exact) mass is 924 g/mol. The fraction of sp³-hybridized carbons (Fsp3) is 0.435. The minimum Gasteiger partial charge on any atom is -0.481 e. The molecule has 0 saturated heterocycles. The Morgan fingerprint density at radius 1 is 0.485 bits per heavy atom. The molecule has 0 atom stereocenters. The van der Waals surface area contributed by atoms with Gasteiger partial charge in [0.15, 0.2) is 0 Å². The van der Waals surface area contributed by atoms with Gasteiger partial charge in [0, 0.05) is 33.5 Å². The van der Waals surface area contributed by atoms with Crippen molar-refractivity contribution in [1.82, 2.24) is 10.2 Å². The number of carboxylic acids is 1. The van der Waals surface area contributed by atoms with Crippen molar-refractivity contribution >= 4 is 12.0 Å². The average molecular weight is 924 g/mol. The summed E-state index contributed by atoms with van der Waals surface area (Å²) in [5, 5.41) is 18.0. The Morgan fingerprint density at radius 3 is 0.735 bits per heavy atom. The standard InChI is InChI=1S/4C12H14.C5H12N2O.C3H5N.C3H6O2.C2H6.CH4/c4*1-9-7-11-5-3-4-6-12(11)8-10(9)2;1-4-6-5(8)7(2)3;1-2-3-4;1-2-3(4)5;1-2;/h4*3-6H,7-8H2,1-2H3;4H2,1-3H3,(H,6,8);2H2,1H3;2H2,1H3,(H,4,5);1-2H3;1H4. The van der Waals surface area contributed by atoms with Crippen LogP contribution in [0, 0.1) is 11.3 Å². The molecule has 0 aromatic heterocycles. The van der Waals surface area contributed by atoms with Gasteiger partial charge < -0.3 is 15.3 Å². The smallest absolute Gasteiger partial charge is 0.316 e. The van der Waals surface area contributed by atoms with E-state index in [9.17, 15) is 9.59 Å². The minimum absolute atomic E-state index is 0. The van der Waals surface area contributed by atoms with Crippen LogP contribution >= 0.6 is 0 Å². The first-order valence-corrected chi connectivity index (χ1v) is 24.4. The quantitative estimate of drug-likeness (QED) is 0.196. The van der Waals surface area contributed by atoms with Gasteiger partial charge >= 0.3 is 12.0 Å². The molecule has 0 saturated carbocycles. The summed E-state index contributed by atoms with van der Waals surface area (Å²) in [6, 6.07) is 36.9. The lowest BCUT2D eigenvalue weighted by Gasteiger charge is -2.18. The zero-order valence-corrected chi connectivity index (χ0v) is 44.2. The minimum atomic E-state index is -0.745. The first-order chi connectivity index (χ1) is 31.9. The average Bonchev–Trinajstić information content (AvgIpc) is 3.32. The van der Waals surface area contributed by atoms with E-state index >= 15 is 0 Å². The zero-order valence-electron chi connectivity index (χ0n) is 44.2. The number of hydrogen-bond acceptors (Lipinski definition) is 3. The molecule has 370 valence electrons. The van der Waals surface area contributed by atoms with Gasteiger partial charge in [-0.3, -0.25) is 4.79 Å². The van der Waals surface area contributed by atoms with Crippen molar-refractivity contribution in [3.8, 4) is 6.07 Å². The summed E-state index contributed by atoms with van der Waals surface area (Å²) >= 11 is 0. The molecule has 8 rings (SSSR count). The second-order valence-electron chi connectivity index (χ2n) is 17.7. The maximum atomic E-state index is 10.6.